The van der Waals surface area contributed by atoms with Crippen LogP contribution in [0.5, 0.6) is 0 Å². The molecule has 1 saturated heterocycles. The Balaban J connectivity index is 0.000000845. The number of nitrogens with two attached hydrogens (primary N) is 1. The number of hydrogen-bond donors (Lipinski definition) is 1. The normalized spacial score (nSPS) is 35.8. The van der Waals surface area contributed by atoms with Crippen molar-refractivity contribution in [2.24, 2.45) is 5.73 Å². The van der Waals surface area contributed by atoms with Crippen LogP contribution < -0.4 is 29.7 Å². The number of thioether (sulfide) groups is 1. The highest BCUT2D eigenvalue weighted by Crippen LogP contribution is 2.31. The van der Waals surface area contributed by atoms with Gasteiger partial charge in [0.2, 0.25) is 0 Å². The highest BCUT2D eigenvalue weighted by atomic mass is 127. The third-order valence-electron chi connectivity index (χ3n) is 2.39. The lowest BCUT2D eigenvalue weighted by atomic mass is 10.2. The van der Waals surface area contributed by atoms with Crippen LogP contribution in [0.2, 0.25) is 0 Å². The van der Waals surface area contributed by atoms with Crippen molar-refractivity contribution in [3.05, 3.63) is 0 Å². The van der Waals surface area contributed by atoms with E-state index in [1.165, 1.54) is 11.8 Å². The number of fused-ring (bicyclic) bond motifs is 1. The van der Waals surface area contributed by atoms with Gasteiger partial charge in [-0.2, -0.15) is 0 Å². The summed E-state index contributed by atoms with van der Waals surface area (Å²) in [5.74, 6) is 0.551. The first-order valence-corrected chi connectivity index (χ1v) is 6.42. The minimum absolute atomic E-state index is 0. The van der Waals surface area contributed by atoms with Crippen molar-refractivity contribution in [2.75, 3.05) is 18.6 Å². The van der Waals surface area contributed by atoms with Gasteiger partial charge < -0.3 is 24.0 Å². The SMILES string of the molecule is C[N+]1=C(N)S[C@H]2CS(=O)(=O)C[C@H]21.[I-]. The van der Waals surface area contributed by atoms with Crippen molar-refractivity contribution in [3.63, 3.8) is 0 Å². The zero-order valence-electron chi connectivity index (χ0n) is 7.10. The van der Waals surface area contributed by atoms with Crippen molar-refractivity contribution in [2.45, 2.75) is 11.3 Å². The van der Waals surface area contributed by atoms with E-state index >= 15 is 0 Å². The summed E-state index contributed by atoms with van der Waals surface area (Å²) >= 11 is 1.49. The molecule has 2 rings (SSSR count). The summed E-state index contributed by atoms with van der Waals surface area (Å²) in [6.45, 7) is 0. The van der Waals surface area contributed by atoms with Gasteiger partial charge in [0.1, 0.15) is 6.04 Å². The van der Waals surface area contributed by atoms with E-state index < -0.39 is 9.84 Å². The van der Waals surface area contributed by atoms with Crippen LogP contribution in [-0.4, -0.2) is 48.0 Å². The van der Waals surface area contributed by atoms with Crippen LogP contribution in [0.3, 0.4) is 0 Å². The molecule has 0 spiro atoms. The fourth-order valence-electron chi connectivity index (χ4n) is 1.67. The van der Waals surface area contributed by atoms with Crippen molar-refractivity contribution in [1.29, 1.82) is 0 Å². The molecule has 1 fully saturated rings. The molecule has 2 atom stereocenters. The molecule has 2 N–H and O–H groups in total. The molecule has 0 bridgehead atoms. The molecule has 0 unspecified atom stereocenters. The Morgan fingerprint density at radius 1 is 1.54 bits per heavy atom. The third-order valence-corrected chi connectivity index (χ3v) is 5.63. The average molecular weight is 334 g/mol. The molecule has 2 heterocycles. The predicted molar refractivity (Wildman–Crippen MR) is 49.2 cm³/mol. The van der Waals surface area contributed by atoms with Gasteiger partial charge in [-0.1, -0.05) is 0 Å². The van der Waals surface area contributed by atoms with Crippen LogP contribution in [0.25, 0.3) is 0 Å². The minimum Gasteiger partial charge on any atom is -1.00 e. The summed E-state index contributed by atoms with van der Waals surface area (Å²) in [5.41, 5.74) is 5.67. The number of amidine groups is 1. The number of rotatable bonds is 0. The van der Waals surface area contributed by atoms with Gasteiger partial charge in [0.15, 0.2) is 9.84 Å². The first kappa shape index (κ1) is 11.6. The molecule has 0 aromatic carbocycles. The van der Waals surface area contributed by atoms with Gasteiger partial charge >= 0.3 is 5.17 Å². The van der Waals surface area contributed by atoms with Crippen LogP contribution in [0, 0.1) is 0 Å². The third kappa shape index (κ3) is 1.96. The first-order chi connectivity index (χ1) is 5.49. The topological polar surface area (TPSA) is 63.2 Å². The summed E-state index contributed by atoms with van der Waals surface area (Å²) in [4.78, 5) is 0. The molecule has 0 aliphatic carbocycles. The Morgan fingerprint density at radius 3 is 2.69 bits per heavy atom. The molecular weight excluding hydrogens is 323 g/mol. The molecule has 2 aliphatic heterocycles. The quantitative estimate of drug-likeness (QED) is 0.361. The van der Waals surface area contributed by atoms with E-state index in [4.69, 9.17) is 5.73 Å². The summed E-state index contributed by atoms with van der Waals surface area (Å²) in [7, 11) is -0.938. The zero-order valence-corrected chi connectivity index (χ0v) is 10.9. The highest BCUT2D eigenvalue weighted by Gasteiger charge is 2.47. The first-order valence-electron chi connectivity index (χ1n) is 3.72. The molecule has 4 nitrogen and oxygen atoms in total. The van der Waals surface area contributed by atoms with Crippen molar-refractivity contribution in [1.82, 2.24) is 0 Å². The standard InChI is InChI=1S/C6H10N2O2S2.HI/c1-8-4-2-12(9,10)3-5(4)11-6(8)7;/h4-5,7H,2-3H2,1H3;1H/t4-,5+;/m1./s1. The second-order valence-corrected chi connectivity index (χ2v) is 6.66. The lowest BCUT2D eigenvalue weighted by Gasteiger charge is -2.03. The Labute approximate surface area is 98.9 Å². The zero-order chi connectivity index (χ0) is 8.93. The molecule has 0 amide bonds. The molecule has 0 radical (unpaired) electrons. The Hall–Kier alpha value is 0.500. The van der Waals surface area contributed by atoms with Gasteiger partial charge in [0.25, 0.3) is 0 Å². The van der Waals surface area contributed by atoms with Crippen LogP contribution >= 0.6 is 11.8 Å². The lowest BCUT2D eigenvalue weighted by Crippen LogP contribution is -3.00. The van der Waals surface area contributed by atoms with E-state index in [0.717, 1.165) is 5.17 Å². The van der Waals surface area contributed by atoms with E-state index in [9.17, 15) is 8.42 Å². The summed E-state index contributed by atoms with van der Waals surface area (Å²) in [6, 6.07) is 0.111. The van der Waals surface area contributed by atoms with Crippen molar-refractivity contribution >= 4 is 26.8 Å². The number of hydrogen-bond acceptors (Lipinski definition) is 4. The maximum atomic E-state index is 11.2. The Bertz CT molecular complexity index is 352. The smallest absolute Gasteiger partial charge is 0.304 e. The Morgan fingerprint density at radius 2 is 2.15 bits per heavy atom. The lowest BCUT2D eigenvalue weighted by molar-refractivity contribution is -0.524. The van der Waals surface area contributed by atoms with Crippen molar-refractivity contribution in [3.8, 4) is 0 Å². The largest absolute Gasteiger partial charge is 1.00 e. The monoisotopic (exact) mass is 334 g/mol. The fraction of sp³-hybridized carbons (Fsp3) is 0.833. The van der Waals surface area contributed by atoms with E-state index in [0.29, 0.717) is 0 Å². The predicted octanol–water partition coefficient (Wildman–Crippen LogP) is -4.14. The molecule has 2 aliphatic rings. The van der Waals surface area contributed by atoms with Crippen LogP contribution in [0.1, 0.15) is 0 Å². The van der Waals surface area contributed by atoms with Gasteiger partial charge in [0.05, 0.1) is 23.8 Å². The maximum Gasteiger partial charge on any atom is 0.304 e. The van der Waals surface area contributed by atoms with Gasteiger partial charge in [-0.05, 0) is 11.8 Å². The van der Waals surface area contributed by atoms with Gasteiger partial charge in [-0.25, -0.2) is 8.42 Å². The second-order valence-electron chi connectivity index (χ2n) is 3.25. The highest BCUT2D eigenvalue weighted by molar-refractivity contribution is 8.15. The molecule has 0 aromatic heterocycles. The number of sulfone groups is 1. The summed E-state index contributed by atoms with van der Waals surface area (Å²) < 4.78 is 24.3. The van der Waals surface area contributed by atoms with E-state index in [1.54, 1.807) is 0 Å². The van der Waals surface area contributed by atoms with Gasteiger partial charge in [-0.15, -0.1) is 0 Å². The molecule has 0 aromatic rings. The van der Waals surface area contributed by atoms with Crippen LogP contribution in [0.4, 0.5) is 0 Å². The van der Waals surface area contributed by atoms with E-state index in [1.807, 2.05) is 11.6 Å². The molecule has 13 heavy (non-hydrogen) atoms. The van der Waals surface area contributed by atoms with E-state index in [-0.39, 0.29) is 46.8 Å². The van der Waals surface area contributed by atoms with E-state index in [2.05, 4.69) is 0 Å². The second kappa shape index (κ2) is 3.58. The van der Waals surface area contributed by atoms with Crippen molar-refractivity contribution < 1.29 is 37.0 Å². The number of halogens is 1. The number of nitrogens with zero attached hydrogens (tertiary/aromatic N) is 1. The van der Waals surface area contributed by atoms with Gasteiger partial charge in [0, 0.05) is 0 Å². The fourth-order valence-corrected chi connectivity index (χ4v) is 5.57. The maximum absolute atomic E-state index is 11.2. The summed E-state index contributed by atoms with van der Waals surface area (Å²) in [5, 5.41) is 0.917. The average Bonchev–Trinajstić information content (AvgIpc) is 2.33. The molecule has 7 heteroatoms. The molecule has 76 valence electrons. The van der Waals surface area contributed by atoms with Gasteiger partial charge in [-0.3, -0.25) is 10.3 Å². The molecule has 0 saturated carbocycles. The minimum atomic E-state index is -2.79. The molecular formula is C6H11IN2O2S2. The van der Waals surface area contributed by atoms with Crippen LogP contribution in [0.15, 0.2) is 0 Å². The van der Waals surface area contributed by atoms with Crippen LogP contribution in [-0.2, 0) is 9.84 Å². The summed E-state index contributed by atoms with van der Waals surface area (Å²) in [6.07, 6.45) is 0. The Kier molecular flexibility index (Phi) is 3.18.